The van der Waals surface area contributed by atoms with Crippen LogP contribution >= 0.6 is 0 Å². The number of nitrogens with zero attached hydrogens (tertiary/aromatic N) is 3. The Morgan fingerprint density at radius 2 is 2.26 bits per heavy atom. The molecule has 0 spiro atoms. The molecule has 0 atom stereocenters. The summed E-state index contributed by atoms with van der Waals surface area (Å²) in [6.45, 7) is -0.0803. The standard InChI is InChI=1S/C14H11N3O2/c18-13(19)9-17-8-2-4-12(17)14-10(5-7-16-14)11-3-1-6-15-11/h1-8H,9H2,(H,18,19). The zero-order valence-corrected chi connectivity index (χ0v) is 10.0. The number of aliphatic imine (C=N–C) groups is 2. The average molecular weight is 253 g/mol. The van der Waals surface area contributed by atoms with E-state index in [2.05, 4.69) is 9.98 Å². The molecule has 0 amide bonds. The second kappa shape index (κ2) is 4.53. The van der Waals surface area contributed by atoms with E-state index < -0.39 is 5.97 Å². The van der Waals surface area contributed by atoms with Crippen molar-refractivity contribution in [3.63, 3.8) is 0 Å². The summed E-state index contributed by atoms with van der Waals surface area (Å²) in [7, 11) is 0. The zero-order valence-electron chi connectivity index (χ0n) is 10.0. The van der Waals surface area contributed by atoms with Crippen LogP contribution in [0.5, 0.6) is 0 Å². The molecule has 1 aromatic heterocycles. The Morgan fingerprint density at radius 1 is 1.37 bits per heavy atom. The number of hydrogen-bond acceptors (Lipinski definition) is 3. The number of aliphatic carboxylic acids is 1. The molecule has 3 rings (SSSR count). The molecule has 0 saturated carbocycles. The zero-order chi connectivity index (χ0) is 13.2. The molecule has 0 saturated heterocycles. The summed E-state index contributed by atoms with van der Waals surface area (Å²) in [5.41, 5.74) is 3.29. The van der Waals surface area contributed by atoms with Crippen LogP contribution in [0.1, 0.15) is 5.69 Å². The third-order valence-corrected chi connectivity index (χ3v) is 2.91. The van der Waals surface area contributed by atoms with E-state index >= 15 is 0 Å². The summed E-state index contributed by atoms with van der Waals surface area (Å²) in [5, 5.41) is 8.91. The lowest BCUT2D eigenvalue weighted by molar-refractivity contribution is -0.137. The third-order valence-electron chi connectivity index (χ3n) is 2.91. The SMILES string of the molecule is O=C(O)Cn1cccc1C1=NC=CC1=C1C=CC=N1. The number of allylic oxidation sites excluding steroid dienone is 4. The number of aromatic nitrogens is 1. The molecule has 0 unspecified atom stereocenters. The van der Waals surface area contributed by atoms with Crippen LogP contribution in [0, 0.1) is 0 Å². The lowest BCUT2D eigenvalue weighted by Crippen LogP contribution is -2.15. The van der Waals surface area contributed by atoms with Gasteiger partial charge in [0, 0.05) is 24.2 Å². The molecular weight excluding hydrogens is 242 g/mol. The fourth-order valence-corrected chi connectivity index (χ4v) is 2.12. The van der Waals surface area contributed by atoms with Crippen LogP contribution in [0.2, 0.25) is 0 Å². The number of carbonyl (C=O) groups is 1. The maximum absolute atomic E-state index is 10.8. The van der Waals surface area contributed by atoms with E-state index in [0.29, 0.717) is 0 Å². The average Bonchev–Trinajstić information content (AvgIpc) is 3.08. The lowest BCUT2D eigenvalue weighted by atomic mass is 10.1. The van der Waals surface area contributed by atoms with Crippen LogP contribution in [0.4, 0.5) is 0 Å². The van der Waals surface area contributed by atoms with Crippen LogP contribution in [0.25, 0.3) is 0 Å². The predicted octanol–water partition coefficient (Wildman–Crippen LogP) is 1.78. The van der Waals surface area contributed by atoms with Gasteiger partial charge in [-0.3, -0.25) is 14.8 Å². The highest BCUT2D eigenvalue weighted by atomic mass is 16.4. The van der Waals surface area contributed by atoms with Crippen LogP contribution in [0.15, 0.2) is 64.0 Å². The topological polar surface area (TPSA) is 66.9 Å². The highest BCUT2D eigenvalue weighted by Crippen LogP contribution is 2.23. The van der Waals surface area contributed by atoms with Crippen LogP contribution in [0.3, 0.4) is 0 Å². The molecule has 0 bridgehead atoms. The lowest BCUT2D eigenvalue weighted by Gasteiger charge is -2.08. The Bertz CT molecular complexity index is 673. The minimum Gasteiger partial charge on any atom is -0.480 e. The van der Waals surface area contributed by atoms with Crippen molar-refractivity contribution in [1.29, 1.82) is 0 Å². The summed E-state index contributed by atoms with van der Waals surface area (Å²) in [4.78, 5) is 19.4. The Morgan fingerprint density at radius 3 is 3.00 bits per heavy atom. The molecule has 3 heterocycles. The van der Waals surface area contributed by atoms with Gasteiger partial charge in [0.25, 0.3) is 0 Å². The molecule has 0 aliphatic carbocycles. The van der Waals surface area contributed by atoms with Gasteiger partial charge in [-0.05, 0) is 30.4 Å². The minimum atomic E-state index is -0.878. The Balaban J connectivity index is 2.02. The largest absolute Gasteiger partial charge is 0.480 e. The highest BCUT2D eigenvalue weighted by molar-refractivity contribution is 6.16. The van der Waals surface area contributed by atoms with Crippen molar-refractivity contribution in [3.8, 4) is 0 Å². The summed E-state index contributed by atoms with van der Waals surface area (Å²) in [6.07, 6.45) is 10.8. The van der Waals surface area contributed by atoms with Gasteiger partial charge < -0.3 is 9.67 Å². The van der Waals surface area contributed by atoms with E-state index in [4.69, 9.17) is 5.11 Å². The highest BCUT2D eigenvalue weighted by Gasteiger charge is 2.19. The van der Waals surface area contributed by atoms with Gasteiger partial charge in [-0.15, -0.1) is 0 Å². The van der Waals surface area contributed by atoms with Gasteiger partial charge in [0.15, 0.2) is 0 Å². The predicted molar refractivity (Wildman–Crippen MR) is 72.4 cm³/mol. The summed E-state index contributed by atoms with van der Waals surface area (Å²) in [6, 6.07) is 3.67. The second-order valence-corrected chi connectivity index (χ2v) is 4.14. The van der Waals surface area contributed by atoms with Crippen molar-refractivity contribution in [2.24, 2.45) is 9.98 Å². The van der Waals surface area contributed by atoms with Gasteiger partial charge in [0.1, 0.15) is 6.54 Å². The fourth-order valence-electron chi connectivity index (χ4n) is 2.12. The van der Waals surface area contributed by atoms with Gasteiger partial charge >= 0.3 is 5.97 Å². The van der Waals surface area contributed by atoms with Crippen molar-refractivity contribution >= 4 is 17.9 Å². The monoisotopic (exact) mass is 253 g/mol. The quantitative estimate of drug-likeness (QED) is 0.892. The first-order valence-corrected chi connectivity index (χ1v) is 5.83. The van der Waals surface area contributed by atoms with E-state index in [1.807, 2.05) is 30.4 Å². The first-order chi connectivity index (χ1) is 9.25. The Hall–Kier alpha value is -2.69. The van der Waals surface area contributed by atoms with Gasteiger partial charge in [0.05, 0.1) is 17.1 Å². The normalized spacial score (nSPS) is 20.3. The molecule has 1 aromatic rings. The number of carboxylic acids is 1. The number of rotatable bonds is 3. The molecule has 5 heteroatoms. The van der Waals surface area contributed by atoms with Gasteiger partial charge in [-0.2, -0.15) is 0 Å². The molecule has 0 fully saturated rings. The van der Waals surface area contributed by atoms with Crippen LogP contribution < -0.4 is 0 Å². The number of hydrogen-bond donors (Lipinski definition) is 1. The fraction of sp³-hybridized carbons (Fsp3) is 0.0714. The molecule has 2 aliphatic heterocycles. The van der Waals surface area contributed by atoms with E-state index in [9.17, 15) is 4.79 Å². The Labute approximate surface area is 109 Å². The second-order valence-electron chi connectivity index (χ2n) is 4.14. The van der Waals surface area contributed by atoms with E-state index in [-0.39, 0.29) is 6.54 Å². The first-order valence-electron chi connectivity index (χ1n) is 5.83. The molecule has 94 valence electrons. The summed E-state index contributed by atoms with van der Waals surface area (Å²) >= 11 is 0. The molecule has 2 aliphatic rings. The molecule has 19 heavy (non-hydrogen) atoms. The molecule has 5 nitrogen and oxygen atoms in total. The van der Waals surface area contributed by atoms with Crippen LogP contribution in [-0.2, 0) is 11.3 Å². The summed E-state index contributed by atoms with van der Waals surface area (Å²) < 4.78 is 1.66. The molecule has 0 radical (unpaired) electrons. The molecule has 1 N–H and O–H groups in total. The number of carboxylic acid groups (broad SMARTS) is 1. The van der Waals surface area contributed by atoms with Crippen LogP contribution in [-0.4, -0.2) is 27.6 Å². The van der Waals surface area contributed by atoms with Crippen molar-refractivity contribution in [1.82, 2.24) is 4.57 Å². The minimum absolute atomic E-state index is 0.0803. The van der Waals surface area contributed by atoms with Gasteiger partial charge in [-0.1, -0.05) is 0 Å². The molecule has 0 aromatic carbocycles. The van der Waals surface area contributed by atoms with E-state index in [1.54, 1.807) is 23.2 Å². The third kappa shape index (κ3) is 2.06. The van der Waals surface area contributed by atoms with Crippen molar-refractivity contribution < 1.29 is 9.90 Å². The smallest absolute Gasteiger partial charge is 0.323 e. The maximum Gasteiger partial charge on any atom is 0.323 e. The maximum atomic E-state index is 10.8. The van der Waals surface area contributed by atoms with Gasteiger partial charge in [-0.25, -0.2) is 0 Å². The van der Waals surface area contributed by atoms with Gasteiger partial charge in [0.2, 0.25) is 0 Å². The van der Waals surface area contributed by atoms with Crippen molar-refractivity contribution in [2.45, 2.75) is 6.54 Å². The van der Waals surface area contributed by atoms with Crippen molar-refractivity contribution in [2.75, 3.05) is 0 Å². The first kappa shape index (κ1) is 11.4. The van der Waals surface area contributed by atoms with E-state index in [1.165, 1.54) is 0 Å². The molecular formula is C14H11N3O2. The Kier molecular flexibility index (Phi) is 2.72. The summed E-state index contributed by atoms with van der Waals surface area (Å²) in [5.74, 6) is -0.878. The van der Waals surface area contributed by atoms with E-state index in [0.717, 1.165) is 22.7 Å². The van der Waals surface area contributed by atoms with Crippen molar-refractivity contribution in [3.05, 3.63) is 59.7 Å².